The topological polar surface area (TPSA) is 86.5 Å². The number of esters is 1. The van der Waals surface area contributed by atoms with Crippen LogP contribution >= 0.6 is 0 Å². The van der Waals surface area contributed by atoms with Crippen LogP contribution in [0.4, 0.5) is 0 Å². The van der Waals surface area contributed by atoms with E-state index >= 15 is 0 Å². The SMILES string of the molecule is NS(=O)(=O)c1cccc(C(=O)OC2CCCCC2)c1. The number of hydrogen-bond donors (Lipinski definition) is 1. The van der Waals surface area contributed by atoms with Crippen LogP contribution in [0.1, 0.15) is 42.5 Å². The van der Waals surface area contributed by atoms with E-state index in [9.17, 15) is 13.2 Å². The molecule has 1 aromatic rings. The highest BCUT2D eigenvalue weighted by atomic mass is 32.2. The van der Waals surface area contributed by atoms with Crippen molar-refractivity contribution in [3.8, 4) is 0 Å². The summed E-state index contributed by atoms with van der Waals surface area (Å²) in [6.45, 7) is 0. The van der Waals surface area contributed by atoms with Gasteiger partial charge in [0, 0.05) is 0 Å². The second-order valence-electron chi connectivity index (χ2n) is 4.74. The van der Waals surface area contributed by atoms with Crippen molar-refractivity contribution in [2.45, 2.75) is 43.1 Å². The molecule has 2 N–H and O–H groups in total. The Kier molecular flexibility index (Phi) is 4.21. The number of sulfonamides is 1. The Bertz CT molecular complexity index is 562. The molecule has 1 fully saturated rings. The summed E-state index contributed by atoms with van der Waals surface area (Å²) in [7, 11) is -3.80. The molecule has 6 heteroatoms. The summed E-state index contributed by atoms with van der Waals surface area (Å²) in [5.41, 5.74) is 0.220. The van der Waals surface area contributed by atoms with E-state index in [1.807, 2.05) is 0 Å². The highest BCUT2D eigenvalue weighted by molar-refractivity contribution is 7.89. The summed E-state index contributed by atoms with van der Waals surface area (Å²) < 4.78 is 27.8. The summed E-state index contributed by atoms with van der Waals surface area (Å²) >= 11 is 0. The summed E-state index contributed by atoms with van der Waals surface area (Å²) in [4.78, 5) is 11.9. The zero-order valence-electron chi connectivity index (χ0n) is 10.5. The number of rotatable bonds is 3. The predicted molar refractivity (Wildman–Crippen MR) is 70.1 cm³/mol. The van der Waals surface area contributed by atoms with Gasteiger partial charge in [0.25, 0.3) is 0 Å². The Hall–Kier alpha value is -1.40. The van der Waals surface area contributed by atoms with E-state index in [2.05, 4.69) is 0 Å². The summed E-state index contributed by atoms with van der Waals surface area (Å²) in [5, 5.41) is 5.03. The van der Waals surface area contributed by atoms with E-state index in [0.29, 0.717) is 0 Å². The molecule has 0 unspecified atom stereocenters. The van der Waals surface area contributed by atoms with Crippen LogP contribution in [-0.4, -0.2) is 20.5 Å². The maximum absolute atomic E-state index is 11.9. The second-order valence-corrected chi connectivity index (χ2v) is 6.30. The first-order chi connectivity index (χ1) is 8.97. The lowest BCUT2D eigenvalue weighted by Gasteiger charge is -2.21. The van der Waals surface area contributed by atoms with Crippen LogP contribution in [0.2, 0.25) is 0 Å². The van der Waals surface area contributed by atoms with Gasteiger partial charge in [0.15, 0.2) is 0 Å². The van der Waals surface area contributed by atoms with Crippen molar-refractivity contribution in [2.75, 3.05) is 0 Å². The van der Waals surface area contributed by atoms with Crippen molar-refractivity contribution in [3.63, 3.8) is 0 Å². The van der Waals surface area contributed by atoms with Gasteiger partial charge >= 0.3 is 5.97 Å². The van der Waals surface area contributed by atoms with Gasteiger partial charge in [-0.3, -0.25) is 0 Å². The highest BCUT2D eigenvalue weighted by Gasteiger charge is 2.19. The van der Waals surface area contributed by atoms with Gasteiger partial charge in [-0.1, -0.05) is 12.5 Å². The fraction of sp³-hybridized carbons (Fsp3) is 0.462. The first-order valence-corrected chi connectivity index (χ1v) is 7.85. The largest absolute Gasteiger partial charge is 0.459 e. The number of nitrogens with two attached hydrogens (primary N) is 1. The van der Waals surface area contributed by atoms with Gasteiger partial charge in [-0.25, -0.2) is 18.4 Å². The Morgan fingerprint density at radius 3 is 2.53 bits per heavy atom. The monoisotopic (exact) mass is 283 g/mol. The van der Waals surface area contributed by atoms with Crippen molar-refractivity contribution in [3.05, 3.63) is 29.8 Å². The molecule has 5 nitrogen and oxygen atoms in total. The normalized spacial score (nSPS) is 17.1. The zero-order chi connectivity index (χ0) is 13.9. The molecule has 1 saturated carbocycles. The lowest BCUT2D eigenvalue weighted by atomic mass is 9.98. The first-order valence-electron chi connectivity index (χ1n) is 6.30. The maximum Gasteiger partial charge on any atom is 0.338 e. The quantitative estimate of drug-likeness (QED) is 0.857. The minimum Gasteiger partial charge on any atom is -0.459 e. The average molecular weight is 283 g/mol. The Balaban J connectivity index is 2.10. The molecule has 0 bridgehead atoms. The fourth-order valence-corrected chi connectivity index (χ4v) is 2.76. The van der Waals surface area contributed by atoms with Gasteiger partial charge in [0.05, 0.1) is 10.5 Å². The lowest BCUT2D eigenvalue weighted by Crippen LogP contribution is -2.21. The van der Waals surface area contributed by atoms with Crippen LogP contribution in [-0.2, 0) is 14.8 Å². The minimum atomic E-state index is -3.80. The summed E-state index contributed by atoms with van der Waals surface area (Å²) in [5.74, 6) is -0.489. The molecular formula is C13H17NO4S. The molecule has 1 aliphatic carbocycles. The molecule has 104 valence electrons. The number of hydrogen-bond acceptors (Lipinski definition) is 4. The van der Waals surface area contributed by atoms with E-state index in [0.717, 1.165) is 25.7 Å². The van der Waals surface area contributed by atoms with Crippen LogP contribution in [0.3, 0.4) is 0 Å². The van der Waals surface area contributed by atoms with Gasteiger partial charge in [-0.05, 0) is 43.9 Å². The molecule has 19 heavy (non-hydrogen) atoms. The molecule has 0 spiro atoms. The van der Waals surface area contributed by atoms with Crippen molar-refractivity contribution >= 4 is 16.0 Å². The lowest BCUT2D eigenvalue weighted by molar-refractivity contribution is 0.0211. The van der Waals surface area contributed by atoms with Crippen molar-refractivity contribution < 1.29 is 17.9 Å². The smallest absolute Gasteiger partial charge is 0.338 e. The van der Waals surface area contributed by atoms with Gasteiger partial charge in [-0.15, -0.1) is 0 Å². The van der Waals surface area contributed by atoms with Crippen LogP contribution < -0.4 is 5.14 Å². The van der Waals surface area contributed by atoms with Crippen molar-refractivity contribution in [1.82, 2.24) is 0 Å². The second kappa shape index (κ2) is 5.71. The third-order valence-corrected chi connectivity index (χ3v) is 4.14. The van der Waals surface area contributed by atoms with Crippen molar-refractivity contribution in [1.29, 1.82) is 0 Å². The van der Waals surface area contributed by atoms with Crippen molar-refractivity contribution in [2.24, 2.45) is 5.14 Å². The minimum absolute atomic E-state index is 0.0561. The predicted octanol–water partition coefficient (Wildman–Crippen LogP) is 1.82. The zero-order valence-corrected chi connectivity index (χ0v) is 11.4. The Labute approximate surface area is 112 Å². The number of ether oxygens (including phenoxy) is 1. The Morgan fingerprint density at radius 1 is 1.21 bits per heavy atom. The van der Waals surface area contributed by atoms with E-state index < -0.39 is 16.0 Å². The van der Waals surface area contributed by atoms with Gasteiger partial charge in [0.2, 0.25) is 10.0 Å². The van der Waals surface area contributed by atoms with Crippen LogP contribution in [0.25, 0.3) is 0 Å². The molecule has 2 rings (SSSR count). The van der Waals surface area contributed by atoms with E-state index in [1.54, 1.807) is 0 Å². The molecule has 0 radical (unpaired) electrons. The third-order valence-electron chi connectivity index (χ3n) is 3.22. The first kappa shape index (κ1) is 14.0. The van der Waals surface area contributed by atoms with E-state index in [1.165, 1.54) is 30.7 Å². The molecule has 0 saturated heterocycles. The number of benzene rings is 1. The maximum atomic E-state index is 11.9. The molecular weight excluding hydrogens is 266 g/mol. The highest BCUT2D eigenvalue weighted by Crippen LogP contribution is 2.21. The molecule has 1 aromatic carbocycles. The van der Waals surface area contributed by atoms with Gasteiger partial charge in [0.1, 0.15) is 6.10 Å². The average Bonchev–Trinajstić information content (AvgIpc) is 2.39. The fourth-order valence-electron chi connectivity index (χ4n) is 2.20. The molecule has 0 amide bonds. The van der Waals surface area contributed by atoms with E-state index in [-0.39, 0.29) is 16.6 Å². The number of carbonyl (C=O) groups is 1. The van der Waals surface area contributed by atoms with Gasteiger partial charge < -0.3 is 4.74 Å². The number of carbonyl (C=O) groups excluding carboxylic acids is 1. The third kappa shape index (κ3) is 3.78. The number of primary sulfonamides is 1. The molecule has 1 aliphatic rings. The van der Waals surface area contributed by atoms with E-state index in [4.69, 9.17) is 9.88 Å². The Morgan fingerprint density at radius 2 is 1.89 bits per heavy atom. The molecule has 0 aliphatic heterocycles. The summed E-state index contributed by atoms with van der Waals surface area (Å²) in [6, 6.07) is 5.62. The standard InChI is InChI=1S/C13H17NO4S/c14-19(16,17)12-8-4-5-10(9-12)13(15)18-11-6-2-1-3-7-11/h4-5,8-9,11H,1-3,6-7H2,(H2,14,16,17). The molecule has 0 aromatic heterocycles. The van der Waals surface area contributed by atoms with Crippen LogP contribution in [0, 0.1) is 0 Å². The van der Waals surface area contributed by atoms with Crippen LogP contribution in [0.15, 0.2) is 29.2 Å². The summed E-state index contributed by atoms with van der Waals surface area (Å²) in [6.07, 6.45) is 5.00. The van der Waals surface area contributed by atoms with Gasteiger partial charge in [-0.2, -0.15) is 0 Å². The van der Waals surface area contributed by atoms with Crippen LogP contribution in [0.5, 0.6) is 0 Å². The molecule has 0 atom stereocenters. The molecule has 0 heterocycles.